The van der Waals surface area contributed by atoms with Crippen molar-refractivity contribution < 1.29 is 4.79 Å². The minimum atomic E-state index is 0.00233. The van der Waals surface area contributed by atoms with Gasteiger partial charge in [-0.2, -0.15) is 0 Å². The Bertz CT molecular complexity index is 444. The Morgan fingerprint density at radius 2 is 2.05 bits per heavy atom. The number of alkyl halides is 1. The largest absolute Gasteiger partial charge is 0.352 e. The molecule has 0 saturated heterocycles. The van der Waals surface area contributed by atoms with Gasteiger partial charge in [-0.1, -0.05) is 45.7 Å². The third-order valence-corrected chi connectivity index (χ3v) is 4.59. The zero-order valence-corrected chi connectivity index (χ0v) is 14.9. The molecule has 0 aliphatic heterocycles. The van der Waals surface area contributed by atoms with Crippen molar-refractivity contribution in [2.75, 3.05) is 11.9 Å². The van der Waals surface area contributed by atoms with Gasteiger partial charge in [0.05, 0.1) is 0 Å². The monoisotopic (exact) mass is 389 g/mol. The number of nitrogens with one attached hydrogen (secondary N) is 1. The SMILES string of the molecule is Cc1cc(C(=O)NCC(C)(C)CCCBr)ccc1Br. The zero-order valence-electron chi connectivity index (χ0n) is 11.7. The molecule has 4 heteroatoms. The van der Waals surface area contributed by atoms with Crippen LogP contribution in [-0.4, -0.2) is 17.8 Å². The first-order valence-corrected chi connectivity index (χ1v) is 8.37. The third kappa shape index (κ3) is 5.65. The Hall–Kier alpha value is -0.350. The molecule has 2 nitrogen and oxygen atoms in total. The van der Waals surface area contributed by atoms with E-state index in [-0.39, 0.29) is 11.3 Å². The number of halogens is 2. The minimum absolute atomic E-state index is 0.00233. The summed E-state index contributed by atoms with van der Waals surface area (Å²) in [6.07, 6.45) is 2.22. The molecule has 0 aliphatic rings. The van der Waals surface area contributed by atoms with E-state index >= 15 is 0 Å². The number of rotatable bonds is 6. The van der Waals surface area contributed by atoms with Crippen LogP contribution in [-0.2, 0) is 0 Å². The molecule has 0 aliphatic carbocycles. The lowest BCUT2D eigenvalue weighted by Gasteiger charge is -2.24. The number of hydrogen-bond acceptors (Lipinski definition) is 1. The molecule has 0 spiro atoms. The van der Waals surface area contributed by atoms with Crippen molar-refractivity contribution in [3.8, 4) is 0 Å². The smallest absolute Gasteiger partial charge is 0.251 e. The van der Waals surface area contributed by atoms with Gasteiger partial charge in [-0.15, -0.1) is 0 Å². The van der Waals surface area contributed by atoms with E-state index in [0.29, 0.717) is 6.54 Å². The summed E-state index contributed by atoms with van der Waals surface area (Å²) >= 11 is 6.88. The highest BCUT2D eigenvalue weighted by atomic mass is 79.9. The number of carbonyl (C=O) groups is 1. The van der Waals surface area contributed by atoms with E-state index < -0.39 is 0 Å². The van der Waals surface area contributed by atoms with Crippen LogP contribution in [0.15, 0.2) is 22.7 Å². The molecule has 1 aromatic carbocycles. The summed E-state index contributed by atoms with van der Waals surface area (Å²) in [5, 5.41) is 4.04. The van der Waals surface area contributed by atoms with E-state index in [1.807, 2.05) is 25.1 Å². The maximum atomic E-state index is 12.1. The maximum Gasteiger partial charge on any atom is 0.251 e. The van der Waals surface area contributed by atoms with Crippen LogP contribution >= 0.6 is 31.9 Å². The fourth-order valence-corrected chi connectivity index (χ4v) is 2.37. The average Bonchev–Trinajstić information content (AvgIpc) is 2.37. The molecule has 0 fully saturated rings. The van der Waals surface area contributed by atoms with E-state index in [1.54, 1.807) is 0 Å². The Labute approximate surface area is 132 Å². The molecule has 0 atom stereocenters. The quantitative estimate of drug-likeness (QED) is 0.701. The number of benzene rings is 1. The van der Waals surface area contributed by atoms with Crippen LogP contribution in [0.25, 0.3) is 0 Å². The molecule has 1 amide bonds. The van der Waals surface area contributed by atoms with Crippen molar-refractivity contribution in [1.29, 1.82) is 0 Å². The average molecular weight is 391 g/mol. The zero-order chi connectivity index (χ0) is 14.5. The summed E-state index contributed by atoms with van der Waals surface area (Å²) in [6.45, 7) is 7.06. The predicted octanol–water partition coefficient (Wildman–Crippen LogP) is 4.69. The maximum absolute atomic E-state index is 12.1. The fourth-order valence-electron chi connectivity index (χ4n) is 1.84. The summed E-state index contributed by atoms with van der Waals surface area (Å²) < 4.78 is 1.03. The molecule has 106 valence electrons. The van der Waals surface area contributed by atoms with Gasteiger partial charge in [0, 0.05) is 21.9 Å². The molecular weight excluding hydrogens is 370 g/mol. The van der Waals surface area contributed by atoms with Gasteiger partial charge in [0.2, 0.25) is 0 Å². The molecule has 0 aromatic heterocycles. The van der Waals surface area contributed by atoms with Crippen LogP contribution in [0.5, 0.6) is 0 Å². The van der Waals surface area contributed by atoms with Crippen LogP contribution in [0.3, 0.4) is 0 Å². The number of amides is 1. The Balaban J connectivity index is 2.57. The highest BCUT2D eigenvalue weighted by Gasteiger charge is 2.18. The second-order valence-corrected chi connectivity index (χ2v) is 7.25. The van der Waals surface area contributed by atoms with Gasteiger partial charge < -0.3 is 5.32 Å². The van der Waals surface area contributed by atoms with E-state index in [2.05, 4.69) is 51.0 Å². The van der Waals surface area contributed by atoms with Crippen LogP contribution in [0.2, 0.25) is 0 Å². The molecule has 19 heavy (non-hydrogen) atoms. The van der Waals surface area contributed by atoms with Crippen LogP contribution in [0.4, 0.5) is 0 Å². The highest BCUT2D eigenvalue weighted by molar-refractivity contribution is 9.10. The van der Waals surface area contributed by atoms with E-state index in [0.717, 1.165) is 33.8 Å². The first-order chi connectivity index (χ1) is 8.85. The number of carbonyl (C=O) groups excluding carboxylic acids is 1. The summed E-state index contributed by atoms with van der Waals surface area (Å²) in [5.41, 5.74) is 1.93. The van der Waals surface area contributed by atoms with Gasteiger partial charge >= 0.3 is 0 Å². The molecule has 0 bridgehead atoms. The highest BCUT2D eigenvalue weighted by Crippen LogP contribution is 2.22. The number of hydrogen-bond donors (Lipinski definition) is 1. The van der Waals surface area contributed by atoms with Gasteiger partial charge in [0.1, 0.15) is 0 Å². The summed E-state index contributed by atoms with van der Waals surface area (Å²) in [5.74, 6) is 0.00233. The predicted molar refractivity (Wildman–Crippen MR) is 88.0 cm³/mol. The lowest BCUT2D eigenvalue weighted by Crippen LogP contribution is -2.34. The molecule has 0 radical (unpaired) electrons. The second kappa shape index (κ2) is 7.44. The first-order valence-electron chi connectivity index (χ1n) is 6.46. The van der Waals surface area contributed by atoms with Crippen molar-refractivity contribution in [2.45, 2.75) is 33.6 Å². The molecule has 1 N–H and O–H groups in total. The molecule has 1 rings (SSSR count). The minimum Gasteiger partial charge on any atom is -0.352 e. The normalized spacial score (nSPS) is 11.4. The summed E-state index contributed by atoms with van der Waals surface area (Å²) in [6, 6.07) is 5.67. The fraction of sp³-hybridized carbons (Fsp3) is 0.533. The van der Waals surface area contributed by atoms with Crippen molar-refractivity contribution in [2.24, 2.45) is 5.41 Å². The van der Waals surface area contributed by atoms with Crippen LogP contribution in [0.1, 0.15) is 42.6 Å². The lowest BCUT2D eigenvalue weighted by molar-refractivity contribution is 0.0934. The Morgan fingerprint density at radius 3 is 2.63 bits per heavy atom. The van der Waals surface area contributed by atoms with E-state index in [9.17, 15) is 4.79 Å². The van der Waals surface area contributed by atoms with Crippen LogP contribution < -0.4 is 5.32 Å². The first kappa shape index (κ1) is 16.7. The van der Waals surface area contributed by atoms with Gasteiger partial charge in [-0.3, -0.25) is 4.79 Å². The topological polar surface area (TPSA) is 29.1 Å². The Kier molecular flexibility index (Phi) is 6.54. The van der Waals surface area contributed by atoms with Gasteiger partial charge in [0.15, 0.2) is 0 Å². The van der Waals surface area contributed by atoms with Crippen molar-refractivity contribution in [3.05, 3.63) is 33.8 Å². The van der Waals surface area contributed by atoms with Gasteiger partial charge in [-0.25, -0.2) is 0 Å². The lowest BCUT2D eigenvalue weighted by atomic mass is 9.88. The molecule has 0 heterocycles. The van der Waals surface area contributed by atoms with Crippen LogP contribution in [0, 0.1) is 12.3 Å². The standard InChI is InChI=1S/C15H21Br2NO/c1-11-9-12(5-6-13(11)17)14(19)18-10-15(2,3)7-4-8-16/h5-6,9H,4,7-8,10H2,1-3H3,(H,18,19). The number of aryl methyl sites for hydroxylation is 1. The summed E-state index contributed by atoms with van der Waals surface area (Å²) in [7, 11) is 0. The van der Waals surface area contributed by atoms with Crippen molar-refractivity contribution in [1.82, 2.24) is 5.32 Å². The molecular formula is C15H21Br2NO. The third-order valence-electron chi connectivity index (χ3n) is 3.13. The second-order valence-electron chi connectivity index (χ2n) is 5.60. The molecule has 0 unspecified atom stereocenters. The Morgan fingerprint density at radius 1 is 1.37 bits per heavy atom. The van der Waals surface area contributed by atoms with Crippen molar-refractivity contribution in [3.63, 3.8) is 0 Å². The van der Waals surface area contributed by atoms with Gasteiger partial charge in [0.25, 0.3) is 5.91 Å². The molecule has 1 aromatic rings. The van der Waals surface area contributed by atoms with E-state index in [4.69, 9.17) is 0 Å². The van der Waals surface area contributed by atoms with Gasteiger partial charge in [-0.05, 0) is 48.9 Å². The van der Waals surface area contributed by atoms with Crippen molar-refractivity contribution >= 4 is 37.8 Å². The summed E-state index contributed by atoms with van der Waals surface area (Å²) in [4.78, 5) is 12.1. The molecule has 0 saturated carbocycles. The van der Waals surface area contributed by atoms with E-state index in [1.165, 1.54) is 0 Å².